The van der Waals surface area contributed by atoms with Gasteiger partial charge in [-0.1, -0.05) is 38.1 Å². The van der Waals surface area contributed by atoms with Gasteiger partial charge in [-0.25, -0.2) is 4.98 Å². The summed E-state index contributed by atoms with van der Waals surface area (Å²) in [6.07, 6.45) is 0.961. The standard InChI is InChI=1S/C20H29N3OS/c1-6-16-11-9-10-12-17(16)19-21-15(4)18(25-19)20(24)23(8-3)14-13-22(5)7-2/h9-12H,6-8,13-14H2,1-5H3. The molecular weight excluding hydrogens is 330 g/mol. The topological polar surface area (TPSA) is 36.4 Å². The van der Waals surface area contributed by atoms with Gasteiger partial charge in [0.2, 0.25) is 0 Å². The summed E-state index contributed by atoms with van der Waals surface area (Å²) in [5.41, 5.74) is 3.25. The molecule has 1 heterocycles. The zero-order chi connectivity index (χ0) is 18.4. The largest absolute Gasteiger partial charge is 0.337 e. The minimum atomic E-state index is 0.0993. The van der Waals surface area contributed by atoms with Crippen LogP contribution < -0.4 is 0 Å². The van der Waals surface area contributed by atoms with Crippen LogP contribution in [-0.4, -0.2) is 53.9 Å². The highest BCUT2D eigenvalue weighted by atomic mass is 32.1. The smallest absolute Gasteiger partial charge is 0.265 e. The second kappa shape index (κ2) is 9.11. The first-order valence-corrected chi connectivity index (χ1v) is 9.86. The normalized spacial score (nSPS) is 11.1. The van der Waals surface area contributed by atoms with E-state index >= 15 is 0 Å². The number of carbonyl (C=O) groups is 1. The van der Waals surface area contributed by atoms with Gasteiger partial charge < -0.3 is 9.80 Å². The maximum Gasteiger partial charge on any atom is 0.265 e. The Bertz CT molecular complexity index is 711. The van der Waals surface area contributed by atoms with Crippen LogP contribution in [0.25, 0.3) is 10.6 Å². The van der Waals surface area contributed by atoms with E-state index in [9.17, 15) is 4.79 Å². The highest BCUT2D eigenvalue weighted by Gasteiger charge is 2.21. The van der Waals surface area contributed by atoms with Crippen LogP contribution in [0.2, 0.25) is 0 Å². The van der Waals surface area contributed by atoms with E-state index in [1.54, 1.807) is 0 Å². The summed E-state index contributed by atoms with van der Waals surface area (Å²) in [7, 11) is 2.08. The molecule has 0 N–H and O–H groups in total. The predicted octanol–water partition coefficient (Wildman–Crippen LogP) is 4.09. The molecule has 5 heteroatoms. The van der Waals surface area contributed by atoms with Gasteiger partial charge in [-0.3, -0.25) is 4.79 Å². The highest BCUT2D eigenvalue weighted by molar-refractivity contribution is 7.17. The van der Waals surface area contributed by atoms with Crippen LogP contribution in [0.3, 0.4) is 0 Å². The Morgan fingerprint density at radius 2 is 1.84 bits per heavy atom. The molecule has 0 radical (unpaired) electrons. The van der Waals surface area contributed by atoms with E-state index in [2.05, 4.69) is 44.0 Å². The lowest BCUT2D eigenvalue weighted by molar-refractivity contribution is 0.0755. The lowest BCUT2D eigenvalue weighted by atomic mass is 10.1. The summed E-state index contributed by atoms with van der Waals surface area (Å²) in [4.78, 5) is 22.6. The molecule has 1 amide bonds. The maximum atomic E-state index is 13.0. The van der Waals surface area contributed by atoms with Gasteiger partial charge >= 0.3 is 0 Å². The Kier molecular flexibility index (Phi) is 7.14. The lowest BCUT2D eigenvalue weighted by Gasteiger charge is -2.23. The van der Waals surface area contributed by atoms with E-state index in [-0.39, 0.29) is 5.91 Å². The molecule has 1 aromatic heterocycles. The van der Waals surface area contributed by atoms with E-state index in [4.69, 9.17) is 4.98 Å². The summed E-state index contributed by atoms with van der Waals surface area (Å²) >= 11 is 1.52. The third-order valence-corrected chi connectivity index (χ3v) is 5.76. The molecule has 136 valence electrons. The fourth-order valence-electron chi connectivity index (χ4n) is 2.74. The average Bonchev–Trinajstić information content (AvgIpc) is 3.03. The minimum absolute atomic E-state index is 0.0993. The molecule has 1 aromatic carbocycles. The number of amides is 1. The Hall–Kier alpha value is -1.72. The molecule has 0 aliphatic rings. The number of carbonyl (C=O) groups excluding carboxylic acids is 1. The SMILES string of the molecule is CCc1ccccc1-c1nc(C)c(C(=O)N(CC)CCN(C)CC)s1. The van der Waals surface area contributed by atoms with E-state index in [0.29, 0.717) is 6.54 Å². The molecule has 2 aromatic rings. The minimum Gasteiger partial charge on any atom is -0.337 e. The monoisotopic (exact) mass is 359 g/mol. The van der Waals surface area contributed by atoms with Gasteiger partial charge in [0.25, 0.3) is 5.91 Å². The van der Waals surface area contributed by atoms with Gasteiger partial charge in [0.1, 0.15) is 9.88 Å². The number of aryl methyl sites for hydroxylation is 2. The van der Waals surface area contributed by atoms with Crippen molar-refractivity contribution >= 4 is 17.2 Å². The molecule has 0 aliphatic carbocycles. The molecule has 0 atom stereocenters. The number of rotatable bonds is 8. The summed E-state index contributed by atoms with van der Waals surface area (Å²) in [6, 6.07) is 8.31. The number of likely N-dealkylation sites (N-methyl/N-ethyl adjacent to an activating group) is 2. The van der Waals surface area contributed by atoms with Crippen LogP contribution in [0.5, 0.6) is 0 Å². The lowest BCUT2D eigenvalue weighted by Crippen LogP contribution is -2.37. The first kappa shape index (κ1) is 19.6. The molecule has 0 spiro atoms. The third kappa shape index (κ3) is 4.67. The molecule has 2 rings (SSSR count). The van der Waals surface area contributed by atoms with Crippen LogP contribution >= 0.6 is 11.3 Å². The van der Waals surface area contributed by atoms with E-state index in [1.807, 2.05) is 24.8 Å². The highest BCUT2D eigenvalue weighted by Crippen LogP contribution is 2.31. The summed E-state index contributed by atoms with van der Waals surface area (Å²) < 4.78 is 0. The van der Waals surface area contributed by atoms with Crippen molar-refractivity contribution in [3.05, 3.63) is 40.4 Å². The number of aromatic nitrogens is 1. The van der Waals surface area contributed by atoms with Crippen molar-refractivity contribution in [1.82, 2.24) is 14.8 Å². The van der Waals surface area contributed by atoms with Gasteiger partial charge in [-0.15, -0.1) is 11.3 Å². The van der Waals surface area contributed by atoms with Crippen LogP contribution in [-0.2, 0) is 6.42 Å². The summed E-state index contributed by atoms with van der Waals surface area (Å²) in [5.74, 6) is 0.0993. The van der Waals surface area contributed by atoms with Crippen LogP contribution in [0.1, 0.15) is 41.7 Å². The number of thiazole rings is 1. The maximum absolute atomic E-state index is 13.0. The van der Waals surface area contributed by atoms with E-state index in [0.717, 1.165) is 47.2 Å². The van der Waals surface area contributed by atoms with Gasteiger partial charge in [0.15, 0.2) is 0 Å². The summed E-state index contributed by atoms with van der Waals surface area (Å²) in [6.45, 7) is 11.6. The molecule has 0 saturated carbocycles. The van der Waals surface area contributed by atoms with E-state index in [1.165, 1.54) is 16.9 Å². The second-order valence-electron chi connectivity index (χ2n) is 6.22. The zero-order valence-electron chi connectivity index (χ0n) is 16.0. The van der Waals surface area contributed by atoms with Crippen LogP contribution in [0, 0.1) is 6.92 Å². The van der Waals surface area contributed by atoms with Crippen molar-refractivity contribution in [2.75, 3.05) is 33.2 Å². The van der Waals surface area contributed by atoms with Crippen molar-refractivity contribution in [3.63, 3.8) is 0 Å². The second-order valence-corrected chi connectivity index (χ2v) is 7.22. The van der Waals surface area contributed by atoms with Gasteiger partial charge in [-0.2, -0.15) is 0 Å². The molecule has 4 nitrogen and oxygen atoms in total. The molecule has 0 unspecified atom stereocenters. The van der Waals surface area contributed by atoms with Gasteiger partial charge in [-0.05, 0) is 39.4 Å². The fourth-order valence-corrected chi connectivity index (χ4v) is 3.84. The fraction of sp³-hybridized carbons (Fsp3) is 0.500. The summed E-state index contributed by atoms with van der Waals surface area (Å²) in [5, 5.41) is 0.944. The van der Waals surface area contributed by atoms with Crippen molar-refractivity contribution in [2.45, 2.75) is 34.1 Å². The third-order valence-electron chi connectivity index (χ3n) is 4.58. The van der Waals surface area contributed by atoms with Gasteiger partial charge in [0.05, 0.1) is 5.69 Å². The zero-order valence-corrected chi connectivity index (χ0v) is 16.8. The molecule has 0 bridgehead atoms. The molecule has 25 heavy (non-hydrogen) atoms. The Morgan fingerprint density at radius 3 is 2.48 bits per heavy atom. The first-order chi connectivity index (χ1) is 12.0. The van der Waals surface area contributed by atoms with Crippen LogP contribution in [0.15, 0.2) is 24.3 Å². The molecule has 0 fully saturated rings. The van der Waals surface area contributed by atoms with Crippen molar-refractivity contribution in [1.29, 1.82) is 0 Å². The van der Waals surface area contributed by atoms with Gasteiger partial charge in [0, 0.05) is 25.2 Å². The average molecular weight is 360 g/mol. The number of nitrogens with zero attached hydrogens (tertiary/aromatic N) is 3. The molecule has 0 saturated heterocycles. The predicted molar refractivity (Wildman–Crippen MR) is 106 cm³/mol. The van der Waals surface area contributed by atoms with E-state index < -0.39 is 0 Å². The Morgan fingerprint density at radius 1 is 1.12 bits per heavy atom. The van der Waals surface area contributed by atoms with Crippen molar-refractivity contribution in [3.8, 4) is 10.6 Å². The van der Waals surface area contributed by atoms with Crippen molar-refractivity contribution in [2.24, 2.45) is 0 Å². The number of hydrogen-bond acceptors (Lipinski definition) is 4. The molecule has 0 aliphatic heterocycles. The molecular formula is C20H29N3OS. The Labute approximate surface area is 155 Å². The number of hydrogen-bond donors (Lipinski definition) is 0. The number of benzene rings is 1. The Balaban J connectivity index is 2.24. The van der Waals surface area contributed by atoms with Crippen molar-refractivity contribution < 1.29 is 4.79 Å². The quantitative estimate of drug-likeness (QED) is 0.712. The van der Waals surface area contributed by atoms with Crippen LogP contribution in [0.4, 0.5) is 0 Å². The first-order valence-electron chi connectivity index (χ1n) is 9.05.